The minimum atomic E-state index is -0.139. The molecule has 0 saturated heterocycles. The summed E-state index contributed by atoms with van der Waals surface area (Å²) in [6.07, 6.45) is 2.48. The molecule has 1 aliphatic heterocycles. The first-order valence-corrected chi connectivity index (χ1v) is 11.1. The lowest BCUT2D eigenvalue weighted by molar-refractivity contribution is 0.0971. The van der Waals surface area contributed by atoms with E-state index in [0.717, 1.165) is 36.2 Å². The molecule has 1 aliphatic rings. The van der Waals surface area contributed by atoms with Gasteiger partial charge in [0.15, 0.2) is 23.6 Å². The summed E-state index contributed by atoms with van der Waals surface area (Å²) in [5.74, 6) is 3.25. The second-order valence-electron chi connectivity index (χ2n) is 7.68. The van der Waals surface area contributed by atoms with Gasteiger partial charge >= 0.3 is 0 Å². The summed E-state index contributed by atoms with van der Waals surface area (Å²) < 4.78 is 13.9. The van der Waals surface area contributed by atoms with Gasteiger partial charge < -0.3 is 24.7 Å². The van der Waals surface area contributed by atoms with E-state index in [2.05, 4.69) is 51.4 Å². The maximum atomic E-state index is 6.06. The SMILES string of the molecule is CCc1nncn1CCNC(=NCC1COc2ccccc2O1)NC(C)c1ccccc1.I. The van der Waals surface area contributed by atoms with Crippen LogP contribution >= 0.6 is 24.0 Å². The van der Waals surface area contributed by atoms with Crippen LogP contribution in [0.2, 0.25) is 0 Å². The van der Waals surface area contributed by atoms with Gasteiger partial charge in [-0.15, -0.1) is 34.2 Å². The second kappa shape index (κ2) is 12.4. The third kappa shape index (κ3) is 6.83. The summed E-state index contributed by atoms with van der Waals surface area (Å²) in [5, 5.41) is 15.1. The number of hydrogen-bond acceptors (Lipinski definition) is 5. The number of nitrogens with zero attached hydrogens (tertiary/aromatic N) is 4. The number of rotatable bonds is 8. The maximum Gasteiger partial charge on any atom is 0.191 e. The van der Waals surface area contributed by atoms with E-state index in [0.29, 0.717) is 19.7 Å². The Morgan fingerprint density at radius 3 is 2.70 bits per heavy atom. The number of aliphatic imine (C=N–C) groups is 1. The van der Waals surface area contributed by atoms with E-state index >= 15 is 0 Å². The standard InChI is InChI=1S/C24H30N6O2.HI/c1-3-23-29-27-17-30(23)14-13-25-24(28-18(2)19-9-5-4-6-10-19)26-15-20-16-31-21-11-7-8-12-22(21)32-20;/h4-12,17-18,20H,3,13-16H2,1-2H3,(H2,25,26,28);1H. The molecule has 0 saturated carbocycles. The number of hydrogen-bond donors (Lipinski definition) is 2. The average Bonchev–Trinajstić information content (AvgIpc) is 3.30. The van der Waals surface area contributed by atoms with Crippen molar-refractivity contribution >= 4 is 29.9 Å². The van der Waals surface area contributed by atoms with E-state index in [4.69, 9.17) is 14.5 Å². The van der Waals surface area contributed by atoms with Gasteiger partial charge in [0.1, 0.15) is 18.8 Å². The molecule has 0 bridgehead atoms. The zero-order valence-corrected chi connectivity index (χ0v) is 21.3. The van der Waals surface area contributed by atoms with Crippen molar-refractivity contribution in [2.75, 3.05) is 19.7 Å². The predicted octanol–water partition coefficient (Wildman–Crippen LogP) is 3.59. The highest BCUT2D eigenvalue weighted by Gasteiger charge is 2.20. The molecule has 33 heavy (non-hydrogen) atoms. The molecule has 9 heteroatoms. The van der Waals surface area contributed by atoms with Crippen molar-refractivity contribution in [3.8, 4) is 11.5 Å². The Morgan fingerprint density at radius 1 is 1.15 bits per heavy atom. The minimum absolute atomic E-state index is 0. The Hall–Kier alpha value is -2.82. The lowest BCUT2D eigenvalue weighted by atomic mass is 10.1. The molecule has 2 unspecified atom stereocenters. The number of para-hydroxylation sites is 2. The normalized spacial score (nSPS) is 15.9. The number of benzene rings is 2. The molecule has 0 amide bonds. The summed E-state index contributed by atoms with van der Waals surface area (Å²) in [5.41, 5.74) is 1.19. The van der Waals surface area contributed by atoms with E-state index < -0.39 is 0 Å². The first kappa shape index (κ1) is 24.8. The van der Waals surface area contributed by atoms with Gasteiger partial charge in [0.05, 0.1) is 12.6 Å². The number of fused-ring (bicyclic) bond motifs is 1. The molecule has 4 rings (SSSR count). The van der Waals surface area contributed by atoms with E-state index in [1.807, 2.05) is 42.5 Å². The Bertz CT molecular complexity index is 1030. The highest BCUT2D eigenvalue weighted by Crippen LogP contribution is 2.30. The molecule has 1 aromatic heterocycles. The second-order valence-corrected chi connectivity index (χ2v) is 7.68. The minimum Gasteiger partial charge on any atom is -0.486 e. The highest BCUT2D eigenvalue weighted by molar-refractivity contribution is 14.0. The van der Waals surface area contributed by atoms with Gasteiger partial charge in [-0.1, -0.05) is 49.4 Å². The van der Waals surface area contributed by atoms with Crippen LogP contribution in [0.15, 0.2) is 65.9 Å². The summed E-state index contributed by atoms with van der Waals surface area (Å²) >= 11 is 0. The molecule has 176 valence electrons. The topological polar surface area (TPSA) is 85.6 Å². The summed E-state index contributed by atoms with van der Waals surface area (Å²) in [4.78, 5) is 4.80. The Balaban J connectivity index is 0.00000306. The van der Waals surface area contributed by atoms with E-state index in [9.17, 15) is 0 Å². The monoisotopic (exact) mass is 562 g/mol. The Morgan fingerprint density at radius 2 is 1.91 bits per heavy atom. The molecular weight excluding hydrogens is 531 g/mol. The zero-order valence-electron chi connectivity index (χ0n) is 19.0. The van der Waals surface area contributed by atoms with Crippen LogP contribution < -0.4 is 20.1 Å². The number of nitrogens with one attached hydrogen (secondary N) is 2. The molecule has 8 nitrogen and oxygen atoms in total. The van der Waals surface area contributed by atoms with Crippen molar-refractivity contribution in [3.63, 3.8) is 0 Å². The Labute approximate surface area is 211 Å². The largest absolute Gasteiger partial charge is 0.486 e. The molecule has 2 heterocycles. The fraction of sp³-hybridized carbons (Fsp3) is 0.375. The van der Waals surface area contributed by atoms with Crippen LogP contribution in [-0.2, 0) is 13.0 Å². The number of aromatic nitrogens is 3. The number of aryl methyl sites for hydroxylation is 1. The van der Waals surface area contributed by atoms with Crippen LogP contribution in [0.1, 0.15) is 31.3 Å². The number of ether oxygens (including phenoxy) is 2. The van der Waals surface area contributed by atoms with Gasteiger partial charge in [-0.05, 0) is 24.6 Å². The smallest absolute Gasteiger partial charge is 0.191 e. The number of guanidine groups is 1. The van der Waals surface area contributed by atoms with Crippen molar-refractivity contribution in [2.45, 2.75) is 39.0 Å². The van der Waals surface area contributed by atoms with E-state index in [1.54, 1.807) is 6.33 Å². The van der Waals surface area contributed by atoms with Crippen LogP contribution in [0.25, 0.3) is 0 Å². The first-order valence-electron chi connectivity index (χ1n) is 11.1. The van der Waals surface area contributed by atoms with Gasteiger partial charge in [-0.25, -0.2) is 4.99 Å². The van der Waals surface area contributed by atoms with Crippen molar-refractivity contribution in [2.24, 2.45) is 4.99 Å². The van der Waals surface area contributed by atoms with Gasteiger partial charge in [-0.2, -0.15) is 0 Å². The molecule has 2 N–H and O–H groups in total. The van der Waals surface area contributed by atoms with Crippen LogP contribution in [0, 0.1) is 0 Å². The third-order valence-corrected chi connectivity index (χ3v) is 5.33. The molecule has 3 aromatic rings. The third-order valence-electron chi connectivity index (χ3n) is 5.33. The average molecular weight is 562 g/mol. The van der Waals surface area contributed by atoms with Gasteiger partial charge in [0, 0.05) is 19.5 Å². The fourth-order valence-corrected chi connectivity index (χ4v) is 3.56. The van der Waals surface area contributed by atoms with Gasteiger partial charge in [-0.3, -0.25) is 0 Å². The first-order chi connectivity index (χ1) is 15.7. The lowest BCUT2D eigenvalue weighted by Gasteiger charge is -2.26. The van der Waals surface area contributed by atoms with Crippen molar-refractivity contribution in [1.82, 2.24) is 25.4 Å². The molecule has 0 spiro atoms. The highest BCUT2D eigenvalue weighted by atomic mass is 127. The van der Waals surface area contributed by atoms with Crippen molar-refractivity contribution in [3.05, 3.63) is 72.3 Å². The molecule has 0 aliphatic carbocycles. The zero-order chi connectivity index (χ0) is 22.2. The quantitative estimate of drug-likeness (QED) is 0.248. The van der Waals surface area contributed by atoms with Crippen LogP contribution in [0.4, 0.5) is 0 Å². The van der Waals surface area contributed by atoms with Crippen LogP contribution in [-0.4, -0.2) is 46.5 Å². The predicted molar refractivity (Wildman–Crippen MR) is 139 cm³/mol. The lowest BCUT2D eigenvalue weighted by Crippen LogP contribution is -2.41. The number of halogens is 1. The molecule has 0 radical (unpaired) electrons. The van der Waals surface area contributed by atoms with E-state index in [-0.39, 0.29) is 36.1 Å². The molecule has 0 fully saturated rings. The van der Waals surface area contributed by atoms with Crippen LogP contribution in [0.5, 0.6) is 11.5 Å². The molecule has 2 aromatic carbocycles. The van der Waals surface area contributed by atoms with Gasteiger partial charge in [0.25, 0.3) is 0 Å². The summed E-state index contributed by atoms with van der Waals surface area (Å²) in [6, 6.07) is 18.1. The van der Waals surface area contributed by atoms with Gasteiger partial charge in [0.2, 0.25) is 0 Å². The molecule has 2 atom stereocenters. The fourth-order valence-electron chi connectivity index (χ4n) is 3.56. The maximum absolute atomic E-state index is 6.06. The molecular formula is C24H31IN6O2. The van der Waals surface area contributed by atoms with Crippen molar-refractivity contribution in [1.29, 1.82) is 0 Å². The Kier molecular flexibility index (Phi) is 9.35. The van der Waals surface area contributed by atoms with Crippen molar-refractivity contribution < 1.29 is 9.47 Å². The summed E-state index contributed by atoms with van der Waals surface area (Å²) in [7, 11) is 0. The van der Waals surface area contributed by atoms with E-state index in [1.165, 1.54) is 5.56 Å². The van der Waals surface area contributed by atoms with Crippen LogP contribution in [0.3, 0.4) is 0 Å². The summed E-state index contributed by atoms with van der Waals surface area (Å²) in [6.45, 7) is 6.61.